The zero-order valence-corrected chi connectivity index (χ0v) is 16.3. The highest BCUT2D eigenvalue weighted by Gasteiger charge is 2.28. The maximum Gasteiger partial charge on any atom is 0.274 e. The van der Waals surface area contributed by atoms with Crippen molar-refractivity contribution in [3.8, 4) is 11.3 Å². The second-order valence-electron chi connectivity index (χ2n) is 7.64. The van der Waals surface area contributed by atoms with Gasteiger partial charge in [0.15, 0.2) is 5.65 Å². The molecule has 0 aliphatic carbocycles. The third kappa shape index (κ3) is 3.00. The average molecular weight is 392 g/mol. The van der Waals surface area contributed by atoms with Gasteiger partial charge in [-0.25, -0.2) is 18.6 Å². The maximum atomic E-state index is 14.3. The Morgan fingerprint density at radius 3 is 2.93 bits per heavy atom. The molecule has 1 aromatic carbocycles. The van der Waals surface area contributed by atoms with Crippen LogP contribution in [0.4, 0.5) is 4.39 Å². The van der Waals surface area contributed by atoms with E-state index in [9.17, 15) is 9.18 Å². The van der Waals surface area contributed by atoms with Crippen molar-refractivity contribution in [2.75, 3.05) is 13.1 Å². The standard InChI is InChI=1S/C21H21FN6O/c1-12-7-18(26-27-11-13(2)25-20(12)27)14-3-4-16-15(8-14)9-24-28(21(16)29)19-5-6-23-10-17(19)22/h3-4,7-9,11,17,19,23H,5-6,10H2,1-2H3/t17-,19-/m1/s1. The maximum absolute atomic E-state index is 14.3. The number of aryl methyl sites for hydroxylation is 2. The molecular formula is C21H21FN6O. The molecule has 0 amide bonds. The normalized spacial score (nSPS) is 19.8. The first kappa shape index (κ1) is 17.9. The van der Waals surface area contributed by atoms with Crippen molar-refractivity contribution in [1.29, 1.82) is 0 Å². The van der Waals surface area contributed by atoms with E-state index in [2.05, 4.69) is 20.5 Å². The summed E-state index contributed by atoms with van der Waals surface area (Å²) in [6.07, 6.45) is 2.95. The fraction of sp³-hybridized carbons (Fsp3) is 0.333. The molecule has 2 atom stereocenters. The number of benzene rings is 1. The molecule has 0 unspecified atom stereocenters. The van der Waals surface area contributed by atoms with Gasteiger partial charge >= 0.3 is 0 Å². The first-order chi connectivity index (χ1) is 14.0. The molecule has 1 fully saturated rings. The number of piperidine rings is 1. The summed E-state index contributed by atoms with van der Waals surface area (Å²) in [4.78, 5) is 17.4. The number of fused-ring (bicyclic) bond motifs is 2. The summed E-state index contributed by atoms with van der Waals surface area (Å²) >= 11 is 0. The van der Waals surface area contributed by atoms with E-state index in [0.29, 0.717) is 18.4 Å². The summed E-state index contributed by atoms with van der Waals surface area (Å²) < 4.78 is 17.4. The Balaban J connectivity index is 1.59. The predicted octanol–water partition coefficient (Wildman–Crippen LogP) is 2.60. The van der Waals surface area contributed by atoms with Crippen molar-refractivity contribution in [3.05, 3.63) is 58.3 Å². The number of nitrogens with one attached hydrogen (secondary N) is 1. The van der Waals surface area contributed by atoms with E-state index in [0.717, 1.165) is 33.5 Å². The highest BCUT2D eigenvalue weighted by Crippen LogP contribution is 2.25. The molecule has 8 heteroatoms. The number of alkyl halides is 1. The van der Waals surface area contributed by atoms with Crippen molar-refractivity contribution in [2.45, 2.75) is 32.5 Å². The zero-order chi connectivity index (χ0) is 20.1. The second-order valence-corrected chi connectivity index (χ2v) is 7.64. The highest BCUT2D eigenvalue weighted by atomic mass is 19.1. The van der Waals surface area contributed by atoms with Crippen LogP contribution in [0.1, 0.15) is 23.7 Å². The molecule has 0 radical (unpaired) electrons. The quantitative estimate of drug-likeness (QED) is 0.567. The van der Waals surface area contributed by atoms with Gasteiger partial charge in [-0.2, -0.15) is 10.2 Å². The van der Waals surface area contributed by atoms with Gasteiger partial charge in [-0.3, -0.25) is 4.79 Å². The van der Waals surface area contributed by atoms with E-state index in [1.165, 1.54) is 4.68 Å². The number of halogens is 1. The Labute approximate surface area is 166 Å². The Kier molecular flexibility index (Phi) is 4.16. The molecule has 7 nitrogen and oxygen atoms in total. The van der Waals surface area contributed by atoms with Crippen LogP contribution >= 0.6 is 0 Å². The van der Waals surface area contributed by atoms with E-state index >= 15 is 0 Å². The number of nitrogens with zero attached hydrogens (tertiary/aromatic N) is 5. The third-order valence-electron chi connectivity index (χ3n) is 5.52. The molecule has 1 N–H and O–H groups in total. The van der Waals surface area contributed by atoms with Crippen LogP contribution in [0.25, 0.3) is 27.7 Å². The molecule has 1 aliphatic heterocycles. The van der Waals surface area contributed by atoms with Gasteiger partial charge in [-0.05, 0) is 50.6 Å². The summed E-state index contributed by atoms with van der Waals surface area (Å²) in [5.74, 6) is 0. The number of hydrogen-bond acceptors (Lipinski definition) is 5. The van der Waals surface area contributed by atoms with E-state index in [1.807, 2.05) is 38.2 Å². The van der Waals surface area contributed by atoms with Crippen molar-refractivity contribution >= 4 is 16.4 Å². The molecule has 148 valence electrons. The molecule has 29 heavy (non-hydrogen) atoms. The van der Waals surface area contributed by atoms with Crippen molar-refractivity contribution < 1.29 is 4.39 Å². The molecule has 0 bridgehead atoms. The average Bonchev–Trinajstić information content (AvgIpc) is 3.10. The van der Waals surface area contributed by atoms with Crippen LogP contribution in [0.5, 0.6) is 0 Å². The van der Waals surface area contributed by atoms with Gasteiger partial charge in [0, 0.05) is 17.5 Å². The monoisotopic (exact) mass is 392 g/mol. The summed E-state index contributed by atoms with van der Waals surface area (Å²) in [6.45, 7) is 4.86. The SMILES string of the molecule is Cc1cn2nc(-c3ccc4c(=O)n([C@@H]5CCNC[C@H]5F)ncc4c3)cc(C)c2n1. The second kappa shape index (κ2) is 6.73. The number of hydrogen-bond donors (Lipinski definition) is 1. The van der Waals surface area contributed by atoms with E-state index in [4.69, 9.17) is 0 Å². The van der Waals surface area contributed by atoms with E-state index < -0.39 is 12.2 Å². The number of imidazole rings is 1. The minimum absolute atomic E-state index is 0.247. The van der Waals surface area contributed by atoms with Crippen molar-refractivity contribution in [3.63, 3.8) is 0 Å². The highest BCUT2D eigenvalue weighted by molar-refractivity contribution is 5.85. The van der Waals surface area contributed by atoms with Gasteiger partial charge in [0.2, 0.25) is 0 Å². The fourth-order valence-corrected chi connectivity index (χ4v) is 4.03. The number of rotatable bonds is 2. The largest absolute Gasteiger partial charge is 0.314 e. The van der Waals surface area contributed by atoms with Crippen LogP contribution in [0, 0.1) is 13.8 Å². The topological polar surface area (TPSA) is 77.1 Å². The van der Waals surface area contributed by atoms with Crippen LogP contribution in [0.3, 0.4) is 0 Å². The van der Waals surface area contributed by atoms with E-state index in [-0.39, 0.29) is 12.1 Å². The smallest absolute Gasteiger partial charge is 0.274 e. The van der Waals surface area contributed by atoms with Crippen LogP contribution in [-0.4, -0.2) is 43.6 Å². The lowest BCUT2D eigenvalue weighted by atomic mass is 10.0. The molecule has 0 saturated carbocycles. The molecule has 4 heterocycles. The van der Waals surface area contributed by atoms with Crippen LogP contribution in [0.2, 0.25) is 0 Å². The van der Waals surface area contributed by atoms with Crippen LogP contribution in [0.15, 0.2) is 41.5 Å². The van der Waals surface area contributed by atoms with Gasteiger partial charge in [0.05, 0.1) is 35.2 Å². The minimum Gasteiger partial charge on any atom is -0.314 e. The van der Waals surface area contributed by atoms with Gasteiger partial charge in [0.25, 0.3) is 5.56 Å². The van der Waals surface area contributed by atoms with E-state index in [1.54, 1.807) is 16.8 Å². The lowest BCUT2D eigenvalue weighted by Crippen LogP contribution is -2.43. The number of aromatic nitrogens is 5. The van der Waals surface area contributed by atoms with Gasteiger partial charge < -0.3 is 5.32 Å². The Morgan fingerprint density at radius 2 is 2.10 bits per heavy atom. The Morgan fingerprint density at radius 1 is 1.24 bits per heavy atom. The molecular weight excluding hydrogens is 371 g/mol. The predicted molar refractivity (Wildman–Crippen MR) is 109 cm³/mol. The molecule has 0 spiro atoms. The Bertz CT molecular complexity index is 1290. The summed E-state index contributed by atoms with van der Waals surface area (Å²) in [6, 6.07) is 7.02. The molecule has 1 aliphatic rings. The third-order valence-corrected chi connectivity index (χ3v) is 5.52. The van der Waals surface area contributed by atoms with Crippen LogP contribution in [-0.2, 0) is 0 Å². The lowest BCUT2D eigenvalue weighted by molar-refractivity contribution is 0.169. The van der Waals surface area contributed by atoms with Crippen molar-refractivity contribution in [2.24, 2.45) is 0 Å². The molecule has 5 rings (SSSR count). The zero-order valence-electron chi connectivity index (χ0n) is 16.3. The van der Waals surface area contributed by atoms with Crippen LogP contribution < -0.4 is 10.9 Å². The lowest BCUT2D eigenvalue weighted by Gasteiger charge is -2.27. The molecule has 1 saturated heterocycles. The first-order valence-corrected chi connectivity index (χ1v) is 9.71. The minimum atomic E-state index is -1.12. The molecule has 3 aromatic heterocycles. The van der Waals surface area contributed by atoms with Gasteiger partial charge in [0.1, 0.15) is 6.17 Å². The van der Waals surface area contributed by atoms with Crippen molar-refractivity contribution in [1.82, 2.24) is 29.7 Å². The summed E-state index contributed by atoms with van der Waals surface area (Å²) in [5, 5.41) is 13.2. The van der Waals surface area contributed by atoms with Gasteiger partial charge in [-0.15, -0.1) is 0 Å². The first-order valence-electron chi connectivity index (χ1n) is 9.71. The fourth-order valence-electron chi connectivity index (χ4n) is 4.03. The Hall–Kier alpha value is -3.13. The molecule has 4 aromatic rings. The summed E-state index contributed by atoms with van der Waals surface area (Å²) in [7, 11) is 0. The summed E-state index contributed by atoms with van der Waals surface area (Å²) in [5.41, 5.74) is 4.19. The van der Waals surface area contributed by atoms with Gasteiger partial charge in [-0.1, -0.05) is 6.07 Å².